The lowest BCUT2D eigenvalue weighted by molar-refractivity contribution is 0.187. The van der Waals surface area contributed by atoms with E-state index in [2.05, 4.69) is 60.7 Å². The molecule has 1 fully saturated rings. The molecule has 0 saturated heterocycles. The maximum absolute atomic E-state index is 6.82. The van der Waals surface area contributed by atoms with Crippen molar-refractivity contribution >= 4 is 11.4 Å². The number of nitrogen functional groups attached to an aromatic ring is 2. The molecular weight excluding hydrogens is 480 g/mol. The van der Waals surface area contributed by atoms with Crippen LogP contribution in [0.3, 0.4) is 0 Å². The van der Waals surface area contributed by atoms with Crippen LogP contribution < -0.4 is 20.9 Å². The standard InChI is InChI=1S/C35H30N2O2/c36-24-11-14-27(22-7-3-1-4-8-22)33(19-24)38-26-13-16-29-30-17-18-31(32(29)21-26)35(30)39-34-20-25(37)12-15-28(34)23-9-5-2-6-10-23/h1-16,19-21,30-31,35H,17-18,36-37H2. The van der Waals surface area contributed by atoms with Gasteiger partial charge in [-0.3, -0.25) is 0 Å². The number of fused-ring (bicyclic) bond motifs is 5. The zero-order chi connectivity index (χ0) is 26.3. The van der Waals surface area contributed by atoms with Crippen LogP contribution in [0.25, 0.3) is 22.3 Å². The molecule has 3 atom stereocenters. The van der Waals surface area contributed by atoms with Gasteiger partial charge < -0.3 is 20.9 Å². The van der Waals surface area contributed by atoms with Gasteiger partial charge in [-0.25, -0.2) is 0 Å². The highest BCUT2D eigenvalue weighted by Crippen LogP contribution is 2.56. The van der Waals surface area contributed by atoms with E-state index in [9.17, 15) is 0 Å². The minimum absolute atomic E-state index is 0.0757. The molecule has 0 amide bonds. The van der Waals surface area contributed by atoms with Gasteiger partial charge in [0.05, 0.1) is 0 Å². The molecule has 5 aromatic carbocycles. The molecule has 0 aliphatic heterocycles. The smallest absolute Gasteiger partial charge is 0.137 e. The van der Waals surface area contributed by atoms with E-state index in [1.54, 1.807) is 0 Å². The van der Waals surface area contributed by atoms with Crippen molar-refractivity contribution in [2.75, 3.05) is 11.5 Å². The van der Waals surface area contributed by atoms with Crippen LogP contribution in [0.1, 0.15) is 35.8 Å². The van der Waals surface area contributed by atoms with Crippen LogP contribution in [0.2, 0.25) is 0 Å². The highest BCUT2D eigenvalue weighted by atomic mass is 16.5. The van der Waals surface area contributed by atoms with Gasteiger partial charge in [0.2, 0.25) is 0 Å². The van der Waals surface area contributed by atoms with Gasteiger partial charge in [-0.2, -0.15) is 0 Å². The predicted octanol–water partition coefficient (Wildman–Crippen LogP) is 8.40. The lowest BCUT2D eigenvalue weighted by Gasteiger charge is -2.21. The number of hydrogen-bond donors (Lipinski definition) is 2. The Balaban J connectivity index is 1.19. The number of nitrogens with two attached hydrogens (primary N) is 2. The summed E-state index contributed by atoms with van der Waals surface area (Å²) in [7, 11) is 0. The Morgan fingerprint density at radius 1 is 0.538 bits per heavy atom. The van der Waals surface area contributed by atoms with Crippen molar-refractivity contribution in [2.24, 2.45) is 0 Å². The summed E-state index contributed by atoms with van der Waals surface area (Å²) in [6, 6.07) is 38.9. The van der Waals surface area contributed by atoms with Crippen molar-refractivity contribution < 1.29 is 9.47 Å². The fourth-order valence-electron chi connectivity index (χ4n) is 6.32. The SMILES string of the molecule is Nc1ccc(-c2ccccc2)c(Oc2ccc3c(c2)C2CCC3C2Oc2cc(N)ccc2-c2ccccc2)c1. The Labute approximate surface area is 228 Å². The van der Waals surface area contributed by atoms with Gasteiger partial charge in [0.1, 0.15) is 23.4 Å². The van der Waals surface area contributed by atoms with Crippen LogP contribution in [0, 0.1) is 0 Å². The second-order valence-corrected chi connectivity index (χ2v) is 10.5. The highest BCUT2D eigenvalue weighted by molar-refractivity contribution is 5.74. The van der Waals surface area contributed by atoms with E-state index in [0.29, 0.717) is 23.2 Å². The van der Waals surface area contributed by atoms with E-state index < -0.39 is 0 Å². The summed E-state index contributed by atoms with van der Waals surface area (Å²) < 4.78 is 13.3. The quantitative estimate of drug-likeness (QED) is 0.225. The Morgan fingerprint density at radius 3 is 1.74 bits per heavy atom. The molecular formula is C35H30N2O2. The summed E-state index contributed by atoms with van der Waals surface area (Å²) in [5.74, 6) is 3.09. The number of hydrogen-bond acceptors (Lipinski definition) is 4. The Kier molecular flexibility index (Phi) is 5.74. The third kappa shape index (κ3) is 4.28. The van der Waals surface area contributed by atoms with E-state index in [1.807, 2.05) is 54.6 Å². The number of rotatable bonds is 6. The lowest BCUT2D eigenvalue weighted by Crippen LogP contribution is -2.20. The van der Waals surface area contributed by atoms with Gasteiger partial charge in [-0.1, -0.05) is 66.7 Å². The maximum Gasteiger partial charge on any atom is 0.137 e. The first-order valence-electron chi connectivity index (χ1n) is 13.5. The van der Waals surface area contributed by atoms with Gasteiger partial charge in [0.15, 0.2) is 0 Å². The third-order valence-electron chi connectivity index (χ3n) is 8.11. The highest BCUT2D eigenvalue weighted by Gasteiger charge is 2.48. The molecule has 3 unspecified atom stereocenters. The summed E-state index contributed by atoms with van der Waals surface area (Å²) in [4.78, 5) is 0. The van der Waals surface area contributed by atoms with E-state index in [0.717, 1.165) is 52.3 Å². The van der Waals surface area contributed by atoms with Gasteiger partial charge in [-0.05, 0) is 71.5 Å². The van der Waals surface area contributed by atoms with E-state index in [4.69, 9.17) is 20.9 Å². The first-order chi connectivity index (χ1) is 19.1. The summed E-state index contributed by atoms with van der Waals surface area (Å²) in [6.07, 6.45) is 2.30. The molecule has 7 rings (SSSR count). The second-order valence-electron chi connectivity index (χ2n) is 10.5. The summed E-state index contributed by atoms with van der Waals surface area (Å²) >= 11 is 0. The molecule has 4 heteroatoms. The van der Waals surface area contributed by atoms with Crippen molar-refractivity contribution in [3.05, 3.63) is 126 Å². The van der Waals surface area contributed by atoms with Gasteiger partial charge in [-0.15, -0.1) is 0 Å². The minimum atomic E-state index is 0.0757. The van der Waals surface area contributed by atoms with Crippen LogP contribution >= 0.6 is 0 Å². The number of ether oxygens (including phenoxy) is 2. The Bertz CT molecular complexity index is 1650. The van der Waals surface area contributed by atoms with E-state index >= 15 is 0 Å². The molecule has 0 heterocycles. The molecule has 2 aliphatic carbocycles. The van der Waals surface area contributed by atoms with Crippen molar-refractivity contribution in [1.29, 1.82) is 0 Å². The average Bonchev–Trinajstić information content (AvgIpc) is 3.49. The molecule has 0 radical (unpaired) electrons. The van der Waals surface area contributed by atoms with Crippen molar-refractivity contribution in [1.82, 2.24) is 0 Å². The van der Waals surface area contributed by atoms with Crippen LogP contribution in [-0.4, -0.2) is 6.10 Å². The molecule has 2 bridgehead atoms. The van der Waals surface area contributed by atoms with Crippen LogP contribution in [0.5, 0.6) is 17.2 Å². The van der Waals surface area contributed by atoms with Crippen LogP contribution in [0.4, 0.5) is 11.4 Å². The first kappa shape index (κ1) is 23.4. The average molecular weight is 511 g/mol. The molecule has 192 valence electrons. The molecule has 0 spiro atoms. The Morgan fingerprint density at radius 2 is 1.10 bits per heavy atom. The minimum Gasteiger partial charge on any atom is -0.488 e. The predicted molar refractivity (Wildman–Crippen MR) is 158 cm³/mol. The fourth-order valence-corrected chi connectivity index (χ4v) is 6.32. The summed E-state index contributed by atoms with van der Waals surface area (Å²) in [6.45, 7) is 0. The van der Waals surface area contributed by atoms with Crippen LogP contribution in [0.15, 0.2) is 115 Å². The van der Waals surface area contributed by atoms with Gasteiger partial charge in [0, 0.05) is 46.5 Å². The molecule has 1 saturated carbocycles. The zero-order valence-electron chi connectivity index (χ0n) is 21.6. The van der Waals surface area contributed by atoms with Gasteiger partial charge in [0.25, 0.3) is 0 Å². The normalized spacial score (nSPS) is 19.0. The topological polar surface area (TPSA) is 70.5 Å². The largest absolute Gasteiger partial charge is 0.488 e. The summed E-state index contributed by atoms with van der Waals surface area (Å²) in [5.41, 5.74) is 20.7. The fraction of sp³-hybridized carbons (Fsp3) is 0.143. The molecule has 4 nitrogen and oxygen atoms in total. The van der Waals surface area contributed by atoms with Crippen LogP contribution in [-0.2, 0) is 0 Å². The Hall–Kier alpha value is -4.70. The number of benzene rings is 5. The zero-order valence-corrected chi connectivity index (χ0v) is 21.6. The maximum atomic E-state index is 6.82. The monoisotopic (exact) mass is 510 g/mol. The molecule has 5 aromatic rings. The van der Waals surface area contributed by atoms with E-state index in [1.165, 1.54) is 11.1 Å². The third-order valence-corrected chi connectivity index (χ3v) is 8.11. The first-order valence-corrected chi connectivity index (χ1v) is 13.5. The molecule has 2 aliphatic rings. The van der Waals surface area contributed by atoms with E-state index in [-0.39, 0.29) is 6.10 Å². The lowest BCUT2D eigenvalue weighted by atomic mass is 9.92. The van der Waals surface area contributed by atoms with Gasteiger partial charge >= 0.3 is 0 Å². The van der Waals surface area contributed by atoms with Crippen molar-refractivity contribution in [3.63, 3.8) is 0 Å². The van der Waals surface area contributed by atoms with Crippen molar-refractivity contribution in [2.45, 2.75) is 30.8 Å². The molecule has 4 N–H and O–H groups in total. The number of anilines is 2. The second kappa shape index (κ2) is 9.55. The summed E-state index contributed by atoms with van der Waals surface area (Å²) in [5, 5.41) is 0. The molecule has 39 heavy (non-hydrogen) atoms. The van der Waals surface area contributed by atoms with Crippen molar-refractivity contribution in [3.8, 4) is 39.5 Å². The molecule has 0 aromatic heterocycles.